The molecule has 0 unspecified atom stereocenters. The van der Waals surface area contributed by atoms with Crippen LogP contribution in [0, 0.1) is 0 Å². The summed E-state index contributed by atoms with van der Waals surface area (Å²) in [6.45, 7) is 13.5. The van der Waals surface area contributed by atoms with Crippen molar-refractivity contribution < 1.29 is 43.6 Å². The van der Waals surface area contributed by atoms with E-state index in [-0.39, 0.29) is 0 Å². The van der Waals surface area contributed by atoms with Crippen molar-refractivity contribution in [2.75, 3.05) is 0 Å². The van der Waals surface area contributed by atoms with Crippen molar-refractivity contribution in [3.8, 4) is 0 Å². The van der Waals surface area contributed by atoms with Gasteiger partial charge in [0.2, 0.25) is 0 Å². The van der Waals surface area contributed by atoms with Crippen LogP contribution < -0.4 is 0 Å². The molecule has 0 spiro atoms. The highest BCUT2D eigenvalue weighted by atomic mass is 31.3. The van der Waals surface area contributed by atoms with Gasteiger partial charge in [0, 0.05) is 0 Å². The van der Waals surface area contributed by atoms with Gasteiger partial charge in [-0.05, 0) is 69.2 Å². The molecular formula is C15H35F5N5O5P5. The Kier molecular flexibility index (Phi) is 12.1. The van der Waals surface area contributed by atoms with Crippen LogP contribution in [-0.2, 0) is 22.6 Å². The first-order valence-electron chi connectivity index (χ1n) is 10.7. The molecule has 0 saturated heterocycles. The van der Waals surface area contributed by atoms with Crippen LogP contribution in [0.25, 0.3) is 0 Å². The quantitative estimate of drug-likeness (QED) is 0.179. The molecule has 0 N–H and O–H groups in total. The zero-order valence-corrected chi connectivity index (χ0v) is 25.8. The third-order valence-electron chi connectivity index (χ3n) is 2.83. The first-order valence-corrected chi connectivity index (χ1v) is 18.2. The zero-order valence-electron chi connectivity index (χ0n) is 21.3. The molecule has 0 fully saturated rings. The third kappa shape index (κ3) is 11.9. The Balaban J connectivity index is 4.41. The van der Waals surface area contributed by atoms with Gasteiger partial charge in [0.25, 0.3) is 0 Å². The molecule has 1 heterocycles. The first kappa shape index (κ1) is 33.6. The molecule has 0 aromatic heterocycles. The monoisotopic (exact) mass is 615 g/mol. The van der Waals surface area contributed by atoms with Crippen LogP contribution in [0.2, 0.25) is 0 Å². The fourth-order valence-electron chi connectivity index (χ4n) is 2.32. The van der Waals surface area contributed by atoms with Gasteiger partial charge in [0.05, 0.1) is 30.5 Å². The molecule has 0 saturated carbocycles. The fraction of sp³-hybridized carbons (Fsp3) is 1.00. The Morgan fingerprint density at radius 2 is 0.457 bits per heavy atom. The Morgan fingerprint density at radius 3 is 0.543 bits per heavy atom. The van der Waals surface area contributed by atoms with Crippen molar-refractivity contribution in [3.63, 3.8) is 0 Å². The maximum atomic E-state index is 16.0. The predicted octanol–water partition coefficient (Wildman–Crippen LogP) is 11.7. The minimum atomic E-state index is -5.36. The van der Waals surface area contributed by atoms with Crippen LogP contribution in [0.4, 0.5) is 21.0 Å². The summed E-state index contributed by atoms with van der Waals surface area (Å²) < 4.78 is 122. The topological polar surface area (TPSA) is 108 Å². The number of hydrogen-bond acceptors (Lipinski definition) is 10. The largest absolute Gasteiger partial charge is 0.388 e. The van der Waals surface area contributed by atoms with Gasteiger partial charge in [-0.3, -0.25) is 0 Å². The van der Waals surface area contributed by atoms with Gasteiger partial charge in [-0.25, -0.2) is 0 Å². The molecule has 20 heteroatoms. The van der Waals surface area contributed by atoms with Crippen LogP contribution in [0.5, 0.6) is 0 Å². The van der Waals surface area contributed by atoms with Gasteiger partial charge in [0.15, 0.2) is 0 Å². The van der Waals surface area contributed by atoms with E-state index in [1.165, 1.54) is 69.2 Å². The van der Waals surface area contributed by atoms with Crippen molar-refractivity contribution in [2.24, 2.45) is 22.6 Å². The maximum absolute atomic E-state index is 16.0. The number of hydrogen-bond donors (Lipinski definition) is 0. The summed E-state index contributed by atoms with van der Waals surface area (Å²) in [6, 6.07) is 0. The highest BCUT2D eigenvalue weighted by Crippen LogP contribution is 2.82. The number of halogens is 5. The summed E-state index contributed by atoms with van der Waals surface area (Å²) in [6.07, 6.45) is -4.99. The van der Waals surface area contributed by atoms with E-state index in [4.69, 9.17) is 22.6 Å². The van der Waals surface area contributed by atoms with E-state index in [9.17, 15) is 0 Å². The van der Waals surface area contributed by atoms with Crippen molar-refractivity contribution in [2.45, 2.75) is 99.8 Å². The summed E-state index contributed by atoms with van der Waals surface area (Å²) in [5.74, 6) is 0. The lowest BCUT2D eigenvalue weighted by molar-refractivity contribution is 0.235. The predicted molar refractivity (Wildman–Crippen MR) is 133 cm³/mol. The smallest absolute Gasteiger partial charge is 0.300 e. The number of rotatable bonds is 10. The normalized spacial score (nSPS) is 36.6. The number of nitrogens with zero attached hydrogens (tertiary/aromatic N) is 5. The summed E-state index contributed by atoms with van der Waals surface area (Å²) in [4.78, 5) is 0. The lowest BCUT2D eigenvalue weighted by Crippen LogP contribution is -2.03. The maximum Gasteiger partial charge on any atom is 0.388 e. The fourth-order valence-corrected chi connectivity index (χ4v) is 14.5. The SMILES string of the molecule is CC(C)OP1(F)=NP(F)(OC(C)C)=NP(F)(OC(C)C)=NP(F)(OC(C)C)=NP(F)(OC(C)C)=N1. The molecular weight excluding hydrogens is 580 g/mol. The van der Waals surface area contributed by atoms with Crippen molar-refractivity contribution in [3.05, 3.63) is 0 Å². The van der Waals surface area contributed by atoms with Crippen LogP contribution in [0.15, 0.2) is 22.6 Å². The standard InChI is InChI=1S/C15H35F5N5O5P5/c1-11(2)26-31(16)21-32(17,27-12(3)4)23-34(19,29-14(7)8)25-35(20,30-15(9)10)24-33(18,22-31)28-13(5)6/h11-15H,1-10H3. The third-order valence-corrected chi connectivity index (χ3v) is 15.1. The second-order valence-electron chi connectivity index (χ2n) is 8.58. The van der Waals surface area contributed by atoms with Crippen LogP contribution in [0.3, 0.4) is 0 Å². The van der Waals surface area contributed by atoms with Crippen molar-refractivity contribution in [1.29, 1.82) is 0 Å². The molecule has 0 aromatic carbocycles. The molecule has 1 aliphatic rings. The molecule has 0 atom stereocenters. The van der Waals surface area contributed by atoms with E-state index in [2.05, 4.69) is 22.6 Å². The minimum Gasteiger partial charge on any atom is -0.300 e. The Bertz CT molecular complexity index is 823. The average Bonchev–Trinajstić information content (AvgIpc) is 2.45. The molecule has 1 aliphatic heterocycles. The molecule has 0 aromatic rings. The molecule has 0 radical (unpaired) electrons. The highest BCUT2D eigenvalue weighted by Gasteiger charge is 2.43. The van der Waals surface area contributed by atoms with Gasteiger partial charge >= 0.3 is 38.7 Å². The highest BCUT2D eigenvalue weighted by molar-refractivity contribution is 7.78. The van der Waals surface area contributed by atoms with Gasteiger partial charge < -0.3 is 22.6 Å². The molecule has 1 rings (SSSR count). The Morgan fingerprint density at radius 1 is 0.343 bits per heavy atom. The van der Waals surface area contributed by atoms with Gasteiger partial charge in [0.1, 0.15) is 0 Å². The Labute approximate surface area is 205 Å². The molecule has 35 heavy (non-hydrogen) atoms. The van der Waals surface area contributed by atoms with Crippen LogP contribution >= 0.6 is 38.7 Å². The van der Waals surface area contributed by atoms with Crippen molar-refractivity contribution in [1.82, 2.24) is 0 Å². The van der Waals surface area contributed by atoms with E-state index in [0.717, 1.165) is 0 Å². The van der Waals surface area contributed by atoms with E-state index >= 15 is 21.0 Å². The van der Waals surface area contributed by atoms with Crippen molar-refractivity contribution >= 4 is 38.7 Å². The Hall–Kier alpha value is 0.600. The molecule has 0 bridgehead atoms. The van der Waals surface area contributed by atoms with Gasteiger partial charge in [-0.1, -0.05) is 0 Å². The van der Waals surface area contributed by atoms with Gasteiger partial charge in [-0.15, -0.1) is 22.6 Å². The lowest BCUT2D eigenvalue weighted by Gasteiger charge is -2.25. The summed E-state index contributed by atoms with van der Waals surface area (Å²) >= 11 is 0. The second-order valence-corrected chi connectivity index (χ2v) is 17.9. The summed E-state index contributed by atoms with van der Waals surface area (Å²) in [5.41, 5.74) is 0. The lowest BCUT2D eigenvalue weighted by atomic mass is 10.5. The van der Waals surface area contributed by atoms with E-state index < -0.39 is 69.2 Å². The van der Waals surface area contributed by atoms with Crippen LogP contribution in [-0.4, -0.2) is 30.5 Å². The molecule has 10 nitrogen and oxygen atoms in total. The summed E-state index contributed by atoms with van der Waals surface area (Å²) in [5, 5.41) is 0. The molecule has 0 amide bonds. The second kappa shape index (κ2) is 12.6. The van der Waals surface area contributed by atoms with E-state index in [1.54, 1.807) is 0 Å². The first-order chi connectivity index (χ1) is 15.6. The minimum absolute atomic E-state index is 0.998. The molecule has 210 valence electrons. The molecule has 0 aliphatic carbocycles. The average molecular weight is 615 g/mol. The summed E-state index contributed by atoms with van der Waals surface area (Å²) in [7, 11) is -26.8. The van der Waals surface area contributed by atoms with Crippen LogP contribution in [0.1, 0.15) is 69.2 Å². The van der Waals surface area contributed by atoms with E-state index in [0.29, 0.717) is 0 Å². The zero-order chi connectivity index (χ0) is 27.5. The van der Waals surface area contributed by atoms with E-state index in [1.807, 2.05) is 0 Å². The van der Waals surface area contributed by atoms with Gasteiger partial charge in [-0.2, -0.15) is 21.0 Å².